The number of carbonyl (C=O) groups is 2. The van der Waals surface area contributed by atoms with Crippen LogP contribution in [0.15, 0.2) is 24.3 Å². The van der Waals surface area contributed by atoms with Crippen LogP contribution in [0.3, 0.4) is 0 Å². The fourth-order valence-electron chi connectivity index (χ4n) is 2.10. The van der Waals surface area contributed by atoms with Crippen molar-refractivity contribution in [2.75, 3.05) is 32.6 Å². The fourth-order valence-corrected chi connectivity index (χ4v) is 3.28. The Labute approximate surface area is 138 Å². The first-order chi connectivity index (χ1) is 10.6. The summed E-state index contributed by atoms with van der Waals surface area (Å²) in [6, 6.07) is 6.90. The summed E-state index contributed by atoms with van der Waals surface area (Å²) in [6.07, 6.45) is 0.883. The van der Waals surface area contributed by atoms with E-state index in [2.05, 4.69) is 4.74 Å². The van der Waals surface area contributed by atoms with Crippen LogP contribution < -0.4 is 4.74 Å². The van der Waals surface area contributed by atoms with Crippen molar-refractivity contribution >= 4 is 35.2 Å². The van der Waals surface area contributed by atoms with E-state index in [1.807, 2.05) is 0 Å². The van der Waals surface area contributed by atoms with Gasteiger partial charge in [0.15, 0.2) is 6.61 Å². The molecule has 22 heavy (non-hydrogen) atoms. The molecule has 2 rings (SSSR count). The molecule has 0 aromatic heterocycles. The Morgan fingerprint density at radius 3 is 2.77 bits per heavy atom. The minimum Gasteiger partial charge on any atom is -0.484 e. The lowest BCUT2D eigenvalue weighted by Gasteiger charge is -2.16. The van der Waals surface area contributed by atoms with E-state index in [0.29, 0.717) is 29.6 Å². The van der Waals surface area contributed by atoms with Gasteiger partial charge in [0.25, 0.3) is 5.91 Å². The van der Waals surface area contributed by atoms with Crippen molar-refractivity contribution in [2.45, 2.75) is 11.7 Å². The Kier molecular flexibility index (Phi) is 6.39. The first kappa shape index (κ1) is 17.0. The zero-order chi connectivity index (χ0) is 15.9. The monoisotopic (exact) mass is 343 g/mol. The van der Waals surface area contributed by atoms with Crippen LogP contribution in [-0.4, -0.2) is 54.6 Å². The standard InChI is InChI=1S/C15H18ClNO4S/c1-20-15(19)10-22-13-6-7-17(8-13)14(18)9-21-12-4-2-11(16)3-5-12/h2-5,13H,6-10H2,1H3/t13-/m0/s1. The van der Waals surface area contributed by atoms with E-state index in [1.165, 1.54) is 18.9 Å². The molecule has 1 aromatic rings. The Morgan fingerprint density at radius 1 is 1.36 bits per heavy atom. The lowest BCUT2D eigenvalue weighted by molar-refractivity contribution is -0.137. The van der Waals surface area contributed by atoms with Crippen molar-refractivity contribution in [3.63, 3.8) is 0 Å². The molecule has 0 spiro atoms. The Hall–Kier alpha value is -1.40. The van der Waals surface area contributed by atoms with Crippen LogP contribution in [0.25, 0.3) is 0 Å². The molecule has 1 saturated heterocycles. The van der Waals surface area contributed by atoms with E-state index >= 15 is 0 Å². The minimum absolute atomic E-state index is 0.00994. The number of esters is 1. The lowest BCUT2D eigenvalue weighted by Crippen LogP contribution is -2.33. The number of benzene rings is 1. The summed E-state index contributed by atoms with van der Waals surface area (Å²) in [5.41, 5.74) is 0. The van der Waals surface area contributed by atoms with Gasteiger partial charge < -0.3 is 14.4 Å². The van der Waals surface area contributed by atoms with E-state index in [4.69, 9.17) is 16.3 Å². The number of rotatable bonds is 6. The number of methoxy groups -OCH3 is 1. The van der Waals surface area contributed by atoms with Gasteiger partial charge in [-0.2, -0.15) is 0 Å². The molecule has 0 saturated carbocycles. The van der Waals surface area contributed by atoms with E-state index in [9.17, 15) is 9.59 Å². The molecule has 7 heteroatoms. The SMILES string of the molecule is COC(=O)CS[C@H]1CCN(C(=O)COc2ccc(Cl)cc2)C1. The summed E-state index contributed by atoms with van der Waals surface area (Å²) in [4.78, 5) is 25.0. The number of nitrogens with zero attached hydrogens (tertiary/aromatic N) is 1. The third kappa shape index (κ3) is 5.10. The highest BCUT2D eigenvalue weighted by Gasteiger charge is 2.27. The van der Waals surface area contributed by atoms with Crippen molar-refractivity contribution in [1.82, 2.24) is 4.90 Å². The van der Waals surface area contributed by atoms with Crippen molar-refractivity contribution in [3.05, 3.63) is 29.3 Å². The highest BCUT2D eigenvalue weighted by molar-refractivity contribution is 8.00. The van der Waals surface area contributed by atoms with Crippen LogP contribution in [0.5, 0.6) is 5.75 Å². The number of halogens is 1. The molecule has 120 valence electrons. The average Bonchev–Trinajstić information content (AvgIpc) is 3.00. The van der Waals surface area contributed by atoms with Gasteiger partial charge in [0, 0.05) is 23.4 Å². The van der Waals surface area contributed by atoms with Crippen molar-refractivity contribution in [3.8, 4) is 5.75 Å². The number of hydrogen-bond acceptors (Lipinski definition) is 5. The molecule has 1 aliphatic rings. The van der Waals surface area contributed by atoms with Gasteiger partial charge in [-0.15, -0.1) is 11.8 Å². The van der Waals surface area contributed by atoms with Crippen molar-refractivity contribution < 1.29 is 19.1 Å². The first-order valence-electron chi connectivity index (χ1n) is 6.93. The second-order valence-electron chi connectivity index (χ2n) is 4.88. The smallest absolute Gasteiger partial charge is 0.315 e. The minimum atomic E-state index is -0.235. The van der Waals surface area contributed by atoms with Gasteiger partial charge in [-0.1, -0.05) is 11.6 Å². The van der Waals surface area contributed by atoms with E-state index in [0.717, 1.165) is 6.42 Å². The zero-order valence-electron chi connectivity index (χ0n) is 12.3. The summed E-state index contributed by atoms with van der Waals surface area (Å²) in [6.45, 7) is 1.35. The normalized spacial score (nSPS) is 17.4. The number of ether oxygens (including phenoxy) is 2. The molecule has 1 atom stereocenters. The van der Waals surface area contributed by atoms with Crippen molar-refractivity contribution in [1.29, 1.82) is 0 Å². The van der Waals surface area contributed by atoms with Crippen molar-refractivity contribution in [2.24, 2.45) is 0 Å². The van der Waals surface area contributed by atoms with Crippen LogP contribution in [0.2, 0.25) is 5.02 Å². The highest BCUT2D eigenvalue weighted by atomic mass is 35.5. The molecule has 1 fully saturated rings. The largest absolute Gasteiger partial charge is 0.484 e. The first-order valence-corrected chi connectivity index (χ1v) is 8.35. The number of likely N-dealkylation sites (tertiary alicyclic amines) is 1. The quantitative estimate of drug-likeness (QED) is 0.741. The molecule has 1 amide bonds. The Bertz CT molecular complexity index is 523. The molecular formula is C15H18ClNO4S. The number of amides is 1. The molecule has 0 aliphatic carbocycles. The zero-order valence-corrected chi connectivity index (χ0v) is 13.9. The van der Waals surface area contributed by atoms with Crippen LogP contribution >= 0.6 is 23.4 Å². The van der Waals surface area contributed by atoms with E-state index in [-0.39, 0.29) is 23.7 Å². The molecule has 5 nitrogen and oxygen atoms in total. The summed E-state index contributed by atoms with van der Waals surface area (Å²) >= 11 is 7.32. The maximum absolute atomic E-state index is 12.1. The maximum Gasteiger partial charge on any atom is 0.315 e. The second kappa shape index (κ2) is 8.29. The fraction of sp³-hybridized carbons (Fsp3) is 0.467. The van der Waals surface area contributed by atoms with Crippen LogP contribution in [0, 0.1) is 0 Å². The molecule has 0 radical (unpaired) electrons. The third-order valence-electron chi connectivity index (χ3n) is 3.34. The summed E-state index contributed by atoms with van der Waals surface area (Å²) in [7, 11) is 1.38. The van der Waals surface area contributed by atoms with Gasteiger partial charge >= 0.3 is 5.97 Å². The second-order valence-corrected chi connectivity index (χ2v) is 6.61. The Morgan fingerprint density at radius 2 is 2.09 bits per heavy atom. The van der Waals surface area contributed by atoms with Gasteiger partial charge in [0.2, 0.25) is 0 Å². The summed E-state index contributed by atoms with van der Waals surface area (Å²) in [5.74, 6) is 0.662. The van der Waals surface area contributed by atoms with E-state index < -0.39 is 0 Å². The maximum atomic E-state index is 12.1. The predicted molar refractivity (Wildman–Crippen MR) is 86.4 cm³/mol. The molecule has 0 unspecified atom stereocenters. The van der Waals surface area contributed by atoms with Gasteiger partial charge in [0.1, 0.15) is 5.75 Å². The lowest BCUT2D eigenvalue weighted by atomic mass is 10.3. The van der Waals surface area contributed by atoms with Crippen LogP contribution in [0.1, 0.15) is 6.42 Å². The summed E-state index contributed by atoms with van der Waals surface area (Å²) < 4.78 is 10.1. The summed E-state index contributed by atoms with van der Waals surface area (Å²) in [5, 5.41) is 0.905. The average molecular weight is 344 g/mol. The molecule has 1 aromatic carbocycles. The molecule has 1 heterocycles. The topological polar surface area (TPSA) is 55.8 Å². The molecular weight excluding hydrogens is 326 g/mol. The molecule has 0 bridgehead atoms. The van der Waals surface area contributed by atoms with Gasteiger partial charge in [-0.25, -0.2) is 0 Å². The van der Waals surface area contributed by atoms with E-state index in [1.54, 1.807) is 29.2 Å². The number of hydrogen-bond donors (Lipinski definition) is 0. The van der Waals surface area contributed by atoms with Gasteiger partial charge in [0.05, 0.1) is 12.9 Å². The third-order valence-corrected chi connectivity index (χ3v) is 4.85. The predicted octanol–water partition coefficient (Wildman–Crippen LogP) is 2.23. The van der Waals surface area contributed by atoms with Crippen LogP contribution in [-0.2, 0) is 14.3 Å². The molecule has 1 aliphatic heterocycles. The molecule has 0 N–H and O–H groups in total. The van der Waals surface area contributed by atoms with Crippen LogP contribution in [0.4, 0.5) is 0 Å². The van der Waals surface area contributed by atoms with Gasteiger partial charge in [-0.3, -0.25) is 9.59 Å². The number of thioether (sulfide) groups is 1. The highest BCUT2D eigenvalue weighted by Crippen LogP contribution is 2.23. The Balaban J connectivity index is 1.72. The van der Waals surface area contributed by atoms with Gasteiger partial charge in [-0.05, 0) is 30.7 Å². The number of carbonyl (C=O) groups excluding carboxylic acids is 2.